The highest BCUT2D eigenvalue weighted by Crippen LogP contribution is 2.49. The van der Waals surface area contributed by atoms with Gasteiger partial charge in [0.2, 0.25) is 0 Å². The van der Waals surface area contributed by atoms with E-state index in [1.807, 2.05) is 24.0 Å². The van der Waals surface area contributed by atoms with Crippen LogP contribution in [0.5, 0.6) is 0 Å². The largest absolute Gasteiger partial charge is 0.309 e. The number of hydrogen-bond acceptors (Lipinski definition) is 3. The summed E-state index contributed by atoms with van der Waals surface area (Å²) in [5.41, 5.74) is 13.3. The van der Waals surface area contributed by atoms with Crippen LogP contribution in [0.4, 0.5) is 0 Å². The van der Waals surface area contributed by atoms with Crippen LogP contribution in [-0.2, 0) is 6.42 Å². The number of benzene rings is 5. The Labute approximate surface area is 260 Å². The molecule has 0 bridgehead atoms. The Kier molecular flexibility index (Phi) is 5.85. The van der Waals surface area contributed by atoms with E-state index in [9.17, 15) is 0 Å². The Morgan fingerprint density at radius 1 is 0.659 bits per heavy atom. The average molecular weight is 584 g/mol. The highest BCUT2D eigenvalue weighted by atomic mass is 32.2. The zero-order valence-corrected chi connectivity index (χ0v) is 25.1. The van der Waals surface area contributed by atoms with Crippen LogP contribution in [-0.4, -0.2) is 20.6 Å². The van der Waals surface area contributed by atoms with Gasteiger partial charge in [0.15, 0.2) is 0 Å². The van der Waals surface area contributed by atoms with Gasteiger partial charge in [0.25, 0.3) is 0 Å². The first-order valence-corrected chi connectivity index (χ1v) is 16.1. The van der Waals surface area contributed by atoms with Gasteiger partial charge in [-0.3, -0.25) is 9.98 Å². The first-order valence-electron chi connectivity index (χ1n) is 15.2. The van der Waals surface area contributed by atoms with Gasteiger partial charge in [-0.1, -0.05) is 96.7 Å². The summed E-state index contributed by atoms with van der Waals surface area (Å²) in [5.74, 6) is 0. The van der Waals surface area contributed by atoms with Crippen molar-refractivity contribution in [2.45, 2.75) is 24.6 Å². The molecule has 0 saturated carbocycles. The summed E-state index contributed by atoms with van der Waals surface area (Å²) in [7, 11) is 0. The molecule has 2 aromatic heterocycles. The van der Waals surface area contributed by atoms with Crippen LogP contribution in [0.25, 0.3) is 49.9 Å². The van der Waals surface area contributed by atoms with Crippen molar-refractivity contribution in [2.75, 3.05) is 0 Å². The number of thioether (sulfide) groups is 1. The van der Waals surface area contributed by atoms with Gasteiger partial charge >= 0.3 is 0 Å². The van der Waals surface area contributed by atoms with E-state index in [0.717, 1.165) is 28.4 Å². The fourth-order valence-corrected chi connectivity index (χ4v) is 8.36. The van der Waals surface area contributed by atoms with Crippen molar-refractivity contribution in [1.82, 2.24) is 9.55 Å². The van der Waals surface area contributed by atoms with Gasteiger partial charge in [0, 0.05) is 33.8 Å². The van der Waals surface area contributed by atoms with E-state index in [4.69, 9.17) is 9.98 Å². The lowest BCUT2D eigenvalue weighted by Gasteiger charge is -2.15. The molecule has 5 aromatic carbocycles. The van der Waals surface area contributed by atoms with Crippen molar-refractivity contribution in [2.24, 2.45) is 4.99 Å². The van der Waals surface area contributed by atoms with Crippen LogP contribution in [0.1, 0.15) is 27.5 Å². The van der Waals surface area contributed by atoms with Crippen molar-refractivity contribution in [3.63, 3.8) is 0 Å². The molecular formula is C40H29N3S. The second-order valence-corrected chi connectivity index (χ2v) is 13.0. The van der Waals surface area contributed by atoms with E-state index in [1.54, 1.807) is 0 Å². The molecule has 4 heteroatoms. The number of aryl methyl sites for hydroxylation is 1. The van der Waals surface area contributed by atoms with Crippen molar-refractivity contribution >= 4 is 38.6 Å². The summed E-state index contributed by atoms with van der Waals surface area (Å²) in [6, 6.07) is 46.6. The molecule has 9 rings (SSSR count). The maximum atomic E-state index is 5.34. The maximum absolute atomic E-state index is 5.34. The minimum atomic E-state index is 0.300. The van der Waals surface area contributed by atoms with Gasteiger partial charge in [-0.2, -0.15) is 0 Å². The van der Waals surface area contributed by atoms with Gasteiger partial charge < -0.3 is 4.57 Å². The van der Waals surface area contributed by atoms with Crippen LogP contribution in [0.15, 0.2) is 139 Å². The number of rotatable bonds is 4. The molecule has 0 amide bonds. The molecule has 44 heavy (non-hydrogen) atoms. The first-order chi connectivity index (χ1) is 21.7. The van der Waals surface area contributed by atoms with Crippen LogP contribution in [0, 0.1) is 6.92 Å². The lowest BCUT2D eigenvalue weighted by atomic mass is 10.0. The number of aromatic nitrogens is 2. The second-order valence-electron chi connectivity index (χ2n) is 11.9. The number of hydrogen-bond donors (Lipinski definition) is 0. The molecule has 2 atom stereocenters. The van der Waals surface area contributed by atoms with E-state index in [0.29, 0.717) is 11.3 Å². The fourth-order valence-electron chi connectivity index (χ4n) is 7.00. The molecule has 3 heterocycles. The highest BCUT2D eigenvalue weighted by Gasteiger charge is 2.38. The van der Waals surface area contributed by atoms with E-state index in [1.165, 1.54) is 55.2 Å². The first kappa shape index (κ1) is 25.6. The summed E-state index contributed by atoms with van der Waals surface area (Å²) >= 11 is 1.93. The van der Waals surface area contributed by atoms with Crippen molar-refractivity contribution < 1.29 is 0 Å². The quantitative estimate of drug-likeness (QED) is 0.206. The lowest BCUT2D eigenvalue weighted by Crippen LogP contribution is -2.02. The van der Waals surface area contributed by atoms with Gasteiger partial charge in [-0.25, -0.2) is 0 Å². The smallest absolute Gasteiger partial charge is 0.0988 e. The molecule has 0 spiro atoms. The Balaban J connectivity index is 1.26. The highest BCUT2D eigenvalue weighted by molar-refractivity contribution is 8.15. The standard InChI is InChI=1S/C40H29N3S/c1-25-17-18-41-35(19-25)28-15-16-34-33-13-7-8-14-37(33)43(38(34)24-28)31-21-29(26-9-3-2-4-10-26)20-30(22-31)40-42-36-23-27-11-5-6-12-32(27)39(36)44-40/h2-22,24,36,39H,23H2,1H3/t36-,39+/m1/s1. The Morgan fingerprint density at radius 3 is 2.36 bits per heavy atom. The zero-order chi connectivity index (χ0) is 29.2. The predicted molar refractivity (Wildman–Crippen MR) is 185 cm³/mol. The molecule has 0 radical (unpaired) electrons. The molecule has 0 fully saturated rings. The normalized spacial score (nSPS) is 17.2. The summed E-state index contributed by atoms with van der Waals surface area (Å²) in [5, 5.41) is 4.01. The van der Waals surface area contributed by atoms with E-state index in [-0.39, 0.29) is 0 Å². The molecule has 3 nitrogen and oxygen atoms in total. The number of pyridine rings is 1. The molecular weight excluding hydrogens is 555 g/mol. The molecule has 2 aliphatic rings. The summed E-state index contributed by atoms with van der Waals surface area (Å²) in [6.45, 7) is 2.12. The van der Waals surface area contributed by atoms with Gasteiger partial charge in [0.1, 0.15) is 0 Å². The lowest BCUT2D eigenvalue weighted by molar-refractivity contribution is 0.725. The Bertz CT molecular complexity index is 2260. The predicted octanol–water partition coefficient (Wildman–Crippen LogP) is 9.98. The molecule has 0 N–H and O–H groups in total. The average Bonchev–Trinajstić information content (AvgIpc) is 3.74. The fraction of sp³-hybridized carbons (Fsp3) is 0.100. The van der Waals surface area contributed by atoms with Gasteiger partial charge in [-0.05, 0) is 83.6 Å². The minimum Gasteiger partial charge on any atom is -0.309 e. The van der Waals surface area contributed by atoms with E-state index in [2.05, 4.69) is 133 Å². The molecule has 0 saturated heterocycles. The van der Waals surface area contributed by atoms with E-state index >= 15 is 0 Å². The van der Waals surface area contributed by atoms with Crippen LogP contribution in [0.2, 0.25) is 0 Å². The third-order valence-electron chi connectivity index (χ3n) is 9.08. The third kappa shape index (κ3) is 4.13. The number of nitrogens with zero attached hydrogens (tertiary/aromatic N) is 3. The number of fused-ring (bicyclic) bond motifs is 6. The second kappa shape index (κ2) is 10.1. The SMILES string of the molecule is Cc1ccnc(-c2ccc3c4ccccc4n(-c4cc(C5=N[C@@H]6Cc7ccccc7[C@@H]6S5)cc(-c5ccccc5)c4)c3c2)c1. The Hall–Kier alpha value is -4.93. The molecule has 1 aliphatic carbocycles. The van der Waals surface area contributed by atoms with Gasteiger partial charge in [0.05, 0.1) is 33.1 Å². The summed E-state index contributed by atoms with van der Waals surface area (Å²) in [4.78, 5) is 10.1. The van der Waals surface area contributed by atoms with Crippen molar-refractivity contribution in [1.29, 1.82) is 0 Å². The van der Waals surface area contributed by atoms with Crippen LogP contribution >= 0.6 is 11.8 Å². The summed E-state index contributed by atoms with van der Waals surface area (Å²) < 4.78 is 2.43. The molecule has 210 valence electrons. The maximum Gasteiger partial charge on any atom is 0.0988 e. The molecule has 1 aliphatic heterocycles. The monoisotopic (exact) mass is 583 g/mol. The number of aliphatic imine (C=N–C) groups is 1. The number of para-hydroxylation sites is 1. The summed E-state index contributed by atoms with van der Waals surface area (Å²) in [6.07, 6.45) is 2.92. The van der Waals surface area contributed by atoms with Crippen LogP contribution in [0.3, 0.4) is 0 Å². The molecule has 0 unspecified atom stereocenters. The zero-order valence-electron chi connectivity index (χ0n) is 24.3. The van der Waals surface area contributed by atoms with Crippen molar-refractivity contribution in [3.8, 4) is 28.1 Å². The van der Waals surface area contributed by atoms with Crippen LogP contribution < -0.4 is 0 Å². The Morgan fingerprint density at radius 2 is 1.45 bits per heavy atom. The van der Waals surface area contributed by atoms with Gasteiger partial charge in [-0.15, -0.1) is 0 Å². The third-order valence-corrected chi connectivity index (χ3v) is 10.5. The topological polar surface area (TPSA) is 30.2 Å². The molecule has 7 aromatic rings. The minimum absolute atomic E-state index is 0.300. The van der Waals surface area contributed by atoms with Crippen molar-refractivity contribution in [3.05, 3.63) is 156 Å². The van der Waals surface area contributed by atoms with E-state index < -0.39 is 0 Å².